The van der Waals surface area contributed by atoms with E-state index in [2.05, 4.69) is 28.3 Å². The lowest BCUT2D eigenvalue weighted by Gasteiger charge is -2.05. The molecule has 0 atom stereocenters. The standard InChI is InChI=1S/C15H14N2O2S.ClH/c1-10-9-20-14-7-11(8-15(18)19-2)16-12-5-3-4-6-13(12)17(10)14;/h3-6,8-9H,7H2,1-2H3;1H. The Labute approximate surface area is 133 Å². The van der Waals surface area contributed by atoms with Gasteiger partial charge in [-0.3, -0.25) is 0 Å². The summed E-state index contributed by atoms with van der Waals surface area (Å²) in [4.78, 5) is 11.5. The minimum atomic E-state index is -0.341. The number of aryl methyl sites for hydroxylation is 1. The van der Waals surface area contributed by atoms with Gasteiger partial charge in [0.05, 0.1) is 18.9 Å². The molecule has 0 bridgehead atoms. The van der Waals surface area contributed by atoms with Gasteiger partial charge in [0, 0.05) is 24.8 Å². The van der Waals surface area contributed by atoms with Crippen LogP contribution in [0.15, 0.2) is 41.4 Å². The largest absolute Gasteiger partial charge is 1.00 e. The van der Waals surface area contributed by atoms with E-state index in [-0.39, 0.29) is 18.4 Å². The Morgan fingerprint density at radius 2 is 2.19 bits per heavy atom. The van der Waals surface area contributed by atoms with Gasteiger partial charge in [0.2, 0.25) is 10.7 Å². The number of carbonyl (C=O) groups is 1. The number of halogens is 1. The third-order valence-corrected chi connectivity index (χ3v) is 4.30. The van der Waals surface area contributed by atoms with Gasteiger partial charge in [-0.05, 0) is 6.07 Å². The lowest BCUT2D eigenvalue weighted by Crippen LogP contribution is -3.00. The molecule has 21 heavy (non-hydrogen) atoms. The van der Waals surface area contributed by atoms with Crippen molar-refractivity contribution in [2.24, 2.45) is 0 Å². The number of ether oxygens (including phenoxy) is 1. The second-order valence-electron chi connectivity index (χ2n) is 4.62. The maximum absolute atomic E-state index is 11.5. The maximum Gasteiger partial charge on any atom is 0.332 e. The molecule has 1 N–H and O–H groups in total. The first-order chi connectivity index (χ1) is 9.69. The van der Waals surface area contributed by atoms with Gasteiger partial charge in [0.1, 0.15) is 5.69 Å². The average molecular weight is 323 g/mol. The zero-order chi connectivity index (χ0) is 14.1. The molecule has 0 fully saturated rings. The number of aromatic nitrogens is 1. The van der Waals surface area contributed by atoms with Gasteiger partial charge in [0.15, 0.2) is 5.69 Å². The van der Waals surface area contributed by atoms with E-state index in [0.717, 1.165) is 17.1 Å². The lowest BCUT2D eigenvalue weighted by atomic mass is 10.2. The van der Waals surface area contributed by atoms with E-state index in [1.54, 1.807) is 11.3 Å². The van der Waals surface area contributed by atoms with Gasteiger partial charge in [-0.2, -0.15) is 0 Å². The molecule has 0 saturated carbocycles. The van der Waals surface area contributed by atoms with Gasteiger partial charge in [-0.1, -0.05) is 23.5 Å². The Balaban J connectivity index is 0.00000161. The number of nitrogens with one attached hydrogen (secondary N) is 1. The molecule has 1 aliphatic rings. The molecule has 6 heteroatoms. The van der Waals surface area contributed by atoms with Crippen LogP contribution in [0, 0.1) is 6.92 Å². The zero-order valence-electron chi connectivity index (χ0n) is 11.7. The summed E-state index contributed by atoms with van der Waals surface area (Å²) >= 11 is 1.70. The Bertz CT molecular complexity index is 709. The molecule has 0 unspecified atom stereocenters. The number of para-hydroxylation sites is 2. The van der Waals surface area contributed by atoms with Crippen LogP contribution in [0.5, 0.6) is 0 Å². The molecule has 1 aliphatic heterocycles. The molecular weight excluding hydrogens is 308 g/mol. The third kappa shape index (κ3) is 2.94. The number of esters is 1. The zero-order valence-corrected chi connectivity index (χ0v) is 13.3. The van der Waals surface area contributed by atoms with E-state index in [1.165, 1.54) is 23.9 Å². The van der Waals surface area contributed by atoms with Crippen molar-refractivity contribution in [2.75, 3.05) is 12.4 Å². The normalized spacial score (nSPS) is 14.3. The Morgan fingerprint density at radius 1 is 1.43 bits per heavy atom. The predicted octanol–water partition coefficient (Wildman–Crippen LogP) is -0.638. The van der Waals surface area contributed by atoms with E-state index in [9.17, 15) is 4.79 Å². The van der Waals surface area contributed by atoms with Crippen molar-refractivity contribution in [1.29, 1.82) is 0 Å². The van der Waals surface area contributed by atoms with Crippen LogP contribution in [0.25, 0.3) is 5.69 Å². The number of nitrogens with zero attached hydrogens (tertiary/aromatic N) is 1. The summed E-state index contributed by atoms with van der Waals surface area (Å²) in [6.45, 7) is 2.09. The average Bonchev–Trinajstić information content (AvgIpc) is 2.72. The third-order valence-electron chi connectivity index (χ3n) is 3.24. The van der Waals surface area contributed by atoms with Crippen LogP contribution < -0.4 is 22.3 Å². The highest BCUT2D eigenvalue weighted by Gasteiger charge is 2.27. The molecule has 2 aromatic rings. The number of rotatable bonds is 1. The summed E-state index contributed by atoms with van der Waals surface area (Å²) in [5.74, 6) is -0.341. The van der Waals surface area contributed by atoms with E-state index < -0.39 is 0 Å². The summed E-state index contributed by atoms with van der Waals surface area (Å²) in [7, 11) is 1.39. The van der Waals surface area contributed by atoms with Crippen LogP contribution >= 0.6 is 11.3 Å². The summed E-state index contributed by atoms with van der Waals surface area (Å²) in [5, 5.41) is 6.65. The van der Waals surface area contributed by atoms with Gasteiger partial charge in [-0.15, -0.1) is 4.57 Å². The van der Waals surface area contributed by atoms with Crippen molar-refractivity contribution in [3.63, 3.8) is 0 Å². The fourth-order valence-corrected chi connectivity index (χ4v) is 3.34. The first-order valence-electron chi connectivity index (χ1n) is 6.33. The Kier molecular flexibility index (Phi) is 4.65. The molecule has 2 heterocycles. The molecule has 3 rings (SSSR count). The number of hydrogen-bond acceptors (Lipinski definition) is 4. The molecule has 0 aliphatic carbocycles. The number of methoxy groups -OCH3 is 1. The van der Waals surface area contributed by atoms with Crippen molar-refractivity contribution >= 4 is 23.0 Å². The van der Waals surface area contributed by atoms with Crippen molar-refractivity contribution in [3.8, 4) is 5.69 Å². The first kappa shape index (κ1) is 15.5. The van der Waals surface area contributed by atoms with Crippen LogP contribution in [0.4, 0.5) is 5.69 Å². The quantitative estimate of drug-likeness (QED) is 0.431. The minimum Gasteiger partial charge on any atom is -1.00 e. The van der Waals surface area contributed by atoms with Crippen molar-refractivity contribution in [3.05, 3.63) is 52.1 Å². The van der Waals surface area contributed by atoms with Gasteiger partial charge in [0.25, 0.3) is 0 Å². The van der Waals surface area contributed by atoms with E-state index in [4.69, 9.17) is 4.74 Å². The minimum absolute atomic E-state index is 0. The number of hydrogen-bond donors (Lipinski definition) is 1. The highest BCUT2D eigenvalue weighted by molar-refractivity contribution is 7.09. The fraction of sp³-hybridized carbons (Fsp3) is 0.200. The molecule has 0 spiro atoms. The monoisotopic (exact) mass is 322 g/mol. The van der Waals surface area contributed by atoms with Gasteiger partial charge < -0.3 is 22.5 Å². The van der Waals surface area contributed by atoms with Crippen molar-refractivity contribution in [2.45, 2.75) is 13.3 Å². The molecule has 1 aromatic heterocycles. The number of thiazole rings is 1. The topological polar surface area (TPSA) is 42.2 Å². The lowest BCUT2D eigenvalue weighted by molar-refractivity contribution is -0.603. The number of fused-ring (bicyclic) bond motifs is 3. The molecule has 0 saturated heterocycles. The maximum atomic E-state index is 11.5. The van der Waals surface area contributed by atoms with Crippen LogP contribution in [0.2, 0.25) is 0 Å². The van der Waals surface area contributed by atoms with Crippen molar-refractivity contribution < 1.29 is 26.5 Å². The molecule has 4 nitrogen and oxygen atoms in total. The molecular formula is C15H15ClN2O2S. The van der Waals surface area contributed by atoms with E-state index in [0.29, 0.717) is 6.42 Å². The number of allylic oxidation sites excluding steroid dienone is 1. The summed E-state index contributed by atoms with van der Waals surface area (Å²) in [6.07, 6.45) is 2.20. The smallest absolute Gasteiger partial charge is 0.332 e. The molecule has 0 amide bonds. The second-order valence-corrected chi connectivity index (χ2v) is 5.56. The first-order valence-corrected chi connectivity index (χ1v) is 7.21. The summed E-state index contributed by atoms with van der Waals surface area (Å²) in [5.41, 5.74) is 4.14. The van der Waals surface area contributed by atoms with Crippen LogP contribution in [-0.4, -0.2) is 13.1 Å². The van der Waals surface area contributed by atoms with Crippen LogP contribution in [-0.2, 0) is 16.0 Å². The van der Waals surface area contributed by atoms with E-state index in [1.807, 2.05) is 18.2 Å². The number of anilines is 1. The van der Waals surface area contributed by atoms with Crippen LogP contribution in [0.3, 0.4) is 0 Å². The van der Waals surface area contributed by atoms with Gasteiger partial charge >= 0.3 is 5.97 Å². The Hall–Kier alpha value is -1.85. The SMILES string of the molecule is COC(=O)/C=C1\Cc2scc(C)[n+]2-c2ccccc2N1.[Cl-]. The van der Waals surface area contributed by atoms with Gasteiger partial charge in [-0.25, -0.2) is 4.79 Å². The fourth-order valence-electron chi connectivity index (χ4n) is 2.34. The second kappa shape index (κ2) is 6.28. The number of benzene rings is 1. The molecule has 110 valence electrons. The Morgan fingerprint density at radius 3 is 2.95 bits per heavy atom. The number of carbonyl (C=O) groups excluding carboxylic acids is 1. The summed E-state index contributed by atoms with van der Waals surface area (Å²) < 4.78 is 6.94. The van der Waals surface area contributed by atoms with E-state index >= 15 is 0 Å². The highest BCUT2D eigenvalue weighted by Crippen LogP contribution is 2.26. The molecule has 1 aromatic carbocycles. The molecule has 0 radical (unpaired) electrons. The summed E-state index contributed by atoms with van der Waals surface area (Å²) in [6, 6.07) is 8.09. The predicted molar refractivity (Wildman–Crippen MR) is 78.0 cm³/mol. The van der Waals surface area contributed by atoms with Crippen molar-refractivity contribution in [1.82, 2.24) is 0 Å². The van der Waals surface area contributed by atoms with Crippen LogP contribution in [0.1, 0.15) is 10.7 Å². The highest BCUT2D eigenvalue weighted by atomic mass is 35.5.